The molecule has 154 valence electrons. The minimum Gasteiger partial charge on any atom is -0.308 e. The van der Waals surface area contributed by atoms with Gasteiger partial charge in [0, 0.05) is 11.4 Å². The lowest BCUT2D eigenvalue weighted by Gasteiger charge is -2.11. The van der Waals surface area contributed by atoms with E-state index in [4.69, 9.17) is 0 Å². The lowest BCUT2D eigenvalue weighted by molar-refractivity contribution is -0.109. The first-order valence-corrected chi connectivity index (χ1v) is 10.3. The third-order valence-electron chi connectivity index (χ3n) is 3.84. The number of benzene rings is 3. The highest BCUT2D eigenvalue weighted by Gasteiger charge is 2.13. The number of anilines is 4. The van der Waals surface area contributed by atoms with Crippen LogP contribution in [0.1, 0.15) is 0 Å². The highest BCUT2D eigenvalue weighted by molar-refractivity contribution is 7.92. The molecule has 0 aliphatic heterocycles. The molecule has 0 aromatic heterocycles. The molecule has 0 heterocycles. The van der Waals surface area contributed by atoms with E-state index < -0.39 is 16.1 Å². The number of amides is 3. The number of hydrogen-bond acceptors (Lipinski definition) is 5. The van der Waals surface area contributed by atoms with Gasteiger partial charge < -0.3 is 10.6 Å². The number of hydrogen-bond donors (Lipinski definition) is 5. The minimum absolute atomic E-state index is 0.141. The molecule has 10 heteroatoms. The highest BCUT2D eigenvalue weighted by Crippen LogP contribution is 2.20. The predicted octanol–water partition coefficient (Wildman–Crippen LogP) is 3.20. The average Bonchev–Trinajstić information content (AvgIpc) is 2.74. The smallest absolute Gasteiger partial charge is 0.308 e. The molecule has 3 aromatic rings. The van der Waals surface area contributed by atoms with Crippen molar-refractivity contribution in [3.8, 4) is 0 Å². The molecule has 0 saturated heterocycles. The summed E-state index contributed by atoms with van der Waals surface area (Å²) in [6, 6.07) is 20.5. The Morgan fingerprint density at radius 3 is 2.07 bits per heavy atom. The van der Waals surface area contributed by atoms with Crippen LogP contribution in [0.3, 0.4) is 0 Å². The van der Waals surface area contributed by atoms with E-state index in [-0.39, 0.29) is 4.90 Å². The molecule has 0 fully saturated rings. The number of sulfonamides is 1. The molecular weight excluding hydrogens is 406 g/mol. The number of carbonyl (C=O) groups is 2. The molecule has 0 aliphatic rings. The summed E-state index contributed by atoms with van der Waals surface area (Å²) in [5.74, 6) is 0. The summed E-state index contributed by atoms with van der Waals surface area (Å²) in [6.07, 6.45) is 0.508. The molecule has 30 heavy (non-hydrogen) atoms. The van der Waals surface area contributed by atoms with Crippen LogP contribution in [0.2, 0.25) is 0 Å². The van der Waals surface area contributed by atoms with Crippen LogP contribution in [0.5, 0.6) is 0 Å². The van der Waals surface area contributed by atoms with Gasteiger partial charge in [-0.05, 0) is 54.6 Å². The Morgan fingerprint density at radius 1 is 0.733 bits per heavy atom. The first kappa shape index (κ1) is 20.7. The summed E-state index contributed by atoms with van der Waals surface area (Å²) in [6.45, 7) is 0. The Kier molecular flexibility index (Phi) is 6.50. The van der Waals surface area contributed by atoms with Gasteiger partial charge in [0.15, 0.2) is 0 Å². The summed E-state index contributed by atoms with van der Waals surface area (Å²) in [5.41, 5.74) is 6.86. The van der Waals surface area contributed by atoms with Gasteiger partial charge >= 0.3 is 6.03 Å². The first-order chi connectivity index (χ1) is 14.5. The van der Waals surface area contributed by atoms with Crippen molar-refractivity contribution in [3.05, 3.63) is 78.9 Å². The van der Waals surface area contributed by atoms with Crippen LogP contribution in [0.4, 0.5) is 27.5 Å². The van der Waals surface area contributed by atoms with Gasteiger partial charge in [-0.2, -0.15) is 0 Å². The minimum atomic E-state index is -3.73. The van der Waals surface area contributed by atoms with E-state index in [2.05, 4.69) is 26.2 Å². The number of hydrazine groups is 1. The van der Waals surface area contributed by atoms with E-state index in [9.17, 15) is 18.0 Å². The van der Waals surface area contributed by atoms with Gasteiger partial charge in [0.05, 0.1) is 16.3 Å². The van der Waals surface area contributed by atoms with Crippen LogP contribution in [0.15, 0.2) is 83.8 Å². The highest BCUT2D eigenvalue weighted by atomic mass is 32.2. The second-order valence-electron chi connectivity index (χ2n) is 6.04. The molecule has 0 bridgehead atoms. The van der Waals surface area contributed by atoms with E-state index in [0.717, 1.165) is 0 Å². The monoisotopic (exact) mass is 425 g/mol. The Hall–Kier alpha value is -4.05. The Balaban J connectivity index is 1.62. The molecule has 0 atom stereocenters. The molecule has 3 rings (SSSR count). The fourth-order valence-corrected chi connectivity index (χ4v) is 3.59. The number of urea groups is 1. The summed E-state index contributed by atoms with van der Waals surface area (Å²) in [5, 5.41) is 5.31. The maximum Gasteiger partial charge on any atom is 0.323 e. The quantitative estimate of drug-likeness (QED) is 0.280. The van der Waals surface area contributed by atoms with Gasteiger partial charge in [-0.1, -0.05) is 24.3 Å². The van der Waals surface area contributed by atoms with E-state index in [1.54, 1.807) is 60.7 Å². The molecular formula is C20H19N5O4S. The molecule has 3 amide bonds. The van der Waals surface area contributed by atoms with Gasteiger partial charge in [-0.15, -0.1) is 0 Å². The van der Waals surface area contributed by atoms with Crippen LogP contribution in [0.25, 0.3) is 0 Å². The van der Waals surface area contributed by atoms with Crippen LogP contribution in [-0.2, 0) is 14.8 Å². The lowest BCUT2D eigenvalue weighted by atomic mass is 10.3. The zero-order valence-electron chi connectivity index (χ0n) is 15.6. The summed E-state index contributed by atoms with van der Waals surface area (Å²) in [4.78, 5) is 22.6. The predicted molar refractivity (Wildman–Crippen MR) is 116 cm³/mol. The van der Waals surface area contributed by atoms with Crippen LogP contribution >= 0.6 is 0 Å². The van der Waals surface area contributed by atoms with E-state index in [0.29, 0.717) is 29.2 Å². The third kappa shape index (κ3) is 5.72. The van der Waals surface area contributed by atoms with Crippen molar-refractivity contribution in [1.29, 1.82) is 0 Å². The van der Waals surface area contributed by atoms with Gasteiger partial charge in [-0.25, -0.2) is 13.2 Å². The Morgan fingerprint density at radius 2 is 1.37 bits per heavy atom. The van der Waals surface area contributed by atoms with Crippen molar-refractivity contribution in [2.24, 2.45) is 0 Å². The average molecular weight is 425 g/mol. The maximum atomic E-state index is 12.4. The molecule has 5 N–H and O–H groups in total. The van der Waals surface area contributed by atoms with Crippen molar-refractivity contribution < 1.29 is 18.0 Å². The number of nitrogens with one attached hydrogen (secondary N) is 5. The largest absolute Gasteiger partial charge is 0.323 e. The van der Waals surface area contributed by atoms with Crippen molar-refractivity contribution in [2.75, 3.05) is 20.8 Å². The van der Waals surface area contributed by atoms with Crippen molar-refractivity contribution in [3.63, 3.8) is 0 Å². The lowest BCUT2D eigenvalue weighted by Crippen LogP contribution is -2.20. The molecule has 0 radical (unpaired) electrons. The van der Waals surface area contributed by atoms with Crippen LogP contribution < -0.4 is 26.2 Å². The van der Waals surface area contributed by atoms with Crippen molar-refractivity contribution in [1.82, 2.24) is 5.43 Å². The normalized spacial score (nSPS) is 10.5. The molecule has 0 saturated carbocycles. The van der Waals surface area contributed by atoms with Crippen LogP contribution in [0, 0.1) is 0 Å². The zero-order chi connectivity index (χ0) is 21.4. The molecule has 0 spiro atoms. The van der Waals surface area contributed by atoms with Crippen molar-refractivity contribution >= 4 is 45.2 Å². The Bertz CT molecular complexity index is 1120. The van der Waals surface area contributed by atoms with E-state index in [1.807, 2.05) is 0 Å². The molecule has 3 aromatic carbocycles. The fraction of sp³-hybridized carbons (Fsp3) is 0. The van der Waals surface area contributed by atoms with Gasteiger partial charge in [0.25, 0.3) is 10.0 Å². The van der Waals surface area contributed by atoms with Gasteiger partial charge in [0.1, 0.15) is 0 Å². The standard InChI is InChI=1S/C20H19N5O4S/c26-14-21-24-16-11-9-15(10-12-16)22-20(27)23-17-5-4-6-18(13-17)25-30(28,29)19-7-2-1-3-8-19/h1-14,24-25H,(H,21,26)(H2,22,23,27). The second-order valence-corrected chi connectivity index (χ2v) is 7.73. The second kappa shape index (κ2) is 9.43. The first-order valence-electron chi connectivity index (χ1n) is 8.77. The Labute approximate surface area is 173 Å². The van der Waals surface area contributed by atoms with Gasteiger partial charge in [0.2, 0.25) is 6.41 Å². The van der Waals surface area contributed by atoms with Crippen LogP contribution in [-0.4, -0.2) is 20.9 Å². The third-order valence-corrected chi connectivity index (χ3v) is 5.24. The van der Waals surface area contributed by atoms with E-state index >= 15 is 0 Å². The van der Waals surface area contributed by atoms with E-state index in [1.165, 1.54) is 18.2 Å². The number of rotatable bonds is 8. The molecule has 0 unspecified atom stereocenters. The maximum absolute atomic E-state index is 12.4. The van der Waals surface area contributed by atoms with Gasteiger partial charge in [-0.3, -0.25) is 20.4 Å². The fourth-order valence-electron chi connectivity index (χ4n) is 2.52. The SMILES string of the molecule is O=CNNc1ccc(NC(=O)Nc2cccc(NS(=O)(=O)c3ccccc3)c2)cc1. The summed E-state index contributed by atoms with van der Waals surface area (Å²) < 4.78 is 27.3. The summed E-state index contributed by atoms with van der Waals surface area (Å²) in [7, 11) is -3.73. The topological polar surface area (TPSA) is 128 Å². The number of carbonyl (C=O) groups excluding carboxylic acids is 2. The molecule has 9 nitrogen and oxygen atoms in total. The zero-order valence-corrected chi connectivity index (χ0v) is 16.4. The molecule has 0 aliphatic carbocycles. The summed E-state index contributed by atoms with van der Waals surface area (Å²) >= 11 is 0. The van der Waals surface area contributed by atoms with Crippen molar-refractivity contribution in [2.45, 2.75) is 4.90 Å².